The molecular formula is C16H24F2O3. The quantitative estimate of drug-likeness (QED) is 0.799. The summed E-state index contributed by atoms with van der Waals surface area (Å²) in [4.78, 5) is 0. The standard InChI is InChI=1S/C16H24F2O3/c1-15(17,18)9-19-8-13-11-4-10-5-12(7-11)16(14(13)6-10)20-2-3-21-16/h10-14H,2-9H2,1H3. The third-order valence-corrected chi connectivity index (χ3v) is 6.04. The van der Waals surface area contributed by atoms with Crippen LogP contribution in [0.4, 0.5) is 8.78 Å². The number of ether oxygens (including phenoxy) is 3. The summed E-state index contributed by atoms with van der Waals surface area (Å²) in [6, 6.07) is 0. The first kappa shape index (κ1) is 14.3. The van der Waals surface area contributed by atoms with Crippen LogP contribution in [-0.4, -0.2) is 38.1 Å². The maximum atomic E-state index is 13.0. The van der Waals surface area contributed by atoms with Crippen molar-refractivity contribution in [3.8, 4) is 0 Å². The van der Waals surface area contributed by atoms with Gasteiger partial charge in [-0.15, -0.1) is 0 Å². The lowest BCUT2D eigenvalue weighted by molar-refractivity contribution is -0.309. The molecule has 5 atom stereocenters. The van der Waals surface area contributed by atoms with Gasteiger partial charge in [-0.25, -0.2) is 8.78 Å². The summed E-state index contributed by atoms with van der Waals surface area (Å²) in [5.74, 6) is -0.621. The van der Waals surface area contributed by atoms with Crippen LogP contribution in [0.5, 0.6) is 0 Å². The van der Waals surface area contributed by atoms with Crippen molar-refractivity contribution in [1.82, 2.24) is 0 Å². The molecule has 5 rings (SSSR count). The summed E-state index contributed by atoms with van der Waals surface area (Å²) in [7, 11) is 0. The minimum Gasteiger partial charge on any atom is -0.375 e. The van der Waals surface area contributed by atoms with Crippen LogP contribution in [0.2, 0.25) is 0 Å². The molecule has 0 aromatic rings. The zero-order valence-electron chi connectivity index (χ0n) is 12.5. The van der Waals surface area contributed by atoms with Crippen molar-refractivity contribution in [2.45, 2.75) is 44.3 Å². The number of hydrogen-bond acceptors (Lipinski definition) is 3. The topological polar surface area (TPSA) is 27.7 Å². The van der Waals surface area contributed by atoms with E-state index in [4.69, 9.17) is 14.2 Å². The monoisotopic (exact) mass is 302 g/mol. The summed E-state index contributed by atoms with van der Waals surface area (Å²) < 4.78 is 43.4. The van der Waals surface area contributed by atoms with Crippen LogP contribution >= 0.6 is 0 Å². The molecule has 0 aromatic heterocycles. The Morgan fingerprint density at radius 3 is 2.62 bits per heavy atom. The van der Waals surface area contributed by atoms with Crippen molar-refractivity contribution in [2.75, 3.05) is 26.4 Å². The van der Waals surface area contributed by atoms with Crippen molar-refractivity contribution in [1.29, 1.82) is 0 Å². The van der Waals surface area contributed by atoms with E-state index in [1.165, 1.54) is 12.8 Å². The van der Waals surface area contributed by atoms with Crippen molar-refractivity contribution < 1.29 is 23.0 Å². The maximum Gasteiger partial charge on any atom is 0.268 e. The van der Waals surface area contributed by atoms with E-state index in [0.717, 1.165) is 25.7 Å². The van der Waals surface area contributed by atoms with E-state index in [2.05, 4.69) is 0 Å². The van der Waals surface area contributed by atoms with Gasteiger partial charge in [0.1, 0.15) is 6.61 Å². The maximum absolute atomic E-state index is 13.0. The Morgan fingerprint density at radius 2 is 1.90 bits per heavy atom. The second-order valence-corrected chi connectivity index (χ2v) is 7.54. The van der Waals surface area contributed by atoms with Crippen LogP contribution in [-0.2, 0) is 14.2 Å². The van der Waals surface area contributed by atoms with E-state index in [0.29, 0.717) is 43.5 Å². The SMILES string of the molecule is CC(F)(F)COCC1C2CC3CC(C2)C2(OCCO2)C1C3. The summed E-state index contributed by atoms with van der Waals surface area (Å²) >= 11 is 0. The van der Waals surface area contributed by atoms with E-state index in [9.17, 15) is 8.78 Å². The van der Waals surface area contributed by atoms with E-state index in [1.54, 1.807) is 0 Å². The van der Waals surface area contributed by atoms with Crippen LogP contribution in [0.3, 0.4) is 0 Å². The van der Waals surface area contributed by atoms with E-state index in [1.807, 2.05) is 0 Å². The van der Waals surface area contributed by atoms with Gasteiger partial charge in [-0.2, -0.15) is 0 Å². The molecule has 1 heterocycles. The molecule has 3 nitrogen and oxygen atoms in total. The Morgan fingerprint density at radius 1 is 1.14 bits per heavy atom. The van der Waals surface area contributed by atoms with Gasteiger partial charge in [0.15, 0.2) is 5.79 Å². The summed E-state index contributed by atoms with van der Waals surface area (Å²) in [5, 5.41) is 0. The highest BCUT2D eigenvalue weighted by Crippen LogP contribution is 2.63. The molecule has 1 saturated heterocycles. The third-order valence-electron chi connectivity index (χ3n) is 6.04. The number of rotatable bonds is 4. The average molecular weight is 302 g/mol. The molecule has 120 valence electrons. The average Bonchev–Trinajstić information content (AvgIpc) is 2.87. The second-order valence-electron chi connectivity index (χ2n) is 7.54. The minimum absolute atomic E-state index is 0.318. The van der Waals surface area contributed by atoms with Gasteiger partial charge in [0.05, 0.1) is 19.8 Å². The molecule has 0 radical (unpaired) electrons. The first-order valence-corrected chi connectivity index (χ1v) is 8.21. The summed E-state index contributed by atoms with van der Waals surface area (Å²) in [6.45, 7) is 2.19. The fourth-order valence-electron chi connectivity index (χ4n) is 5.50. The van der Waals surface area contributed by atoms with Gasteiger partial charge in [0, 0.05) is 18.8 Å². The Hall–Kier alpha value is -0.260. The molecule has 4 aliphatic carbocycles. The lowest BCUT2D eigenvalue weighted by Gasteiger charge is -2.61. The molecule has 1 aliphatic heterocycles. The van der Waals surface area contributed by atoms with E-state index >= 15 is 0 Å². The van der Waals surface area contributed by atoms with Gasteiger partial charge in [0.2, 0.25) is 0 Å². The number of halogens is 2. The van der Waals surface area contributed by atoms with Gasteiger partial charge in [-0.1, -0.05) is 0 Å². The fraction of sp³-hybridized carbons (Fsp3) is 1.00. The predicted octanol–water partition coefficient (Wildman–Crippen LogP) is 3.08. The highest BCUT2D eigenvalue weighted by Gasteiger charge is 2.64. The van der Waals surface area contributed by atoms with Crippen molar-refractivity contribution in [3.63, 3.8) is 0 Å². The predicted molar refractivity (Wildman–Crippen MR) is 72.0 cm³/mol. The lowest BCUT2D eigenvalue weighted by Crippen LogP contribution is -2.63. The molecule has 4 bridgehead atoms. The van der Waals surface area contributed by atoms with Gasteiger partial charge < -0.3 is 14.2 Å². The zero-order chi connectivity index (χ0) is 14.7. The lowest BCUT2D eigenvalue weighted by atomic mass is 9.49. The highest BCUT2D eigenvalue weighted by molar-refractivity contribution is 5.08. The molecule has 1 spiro atoms. The minimum atomic E-state index is -2.75. The van der Waals surface area contributed by atoms with Crippen molar-refractivity contribution >= 4 is 0 Å². The largest absolute Gasteiger partial charge is 0.375 e. The smallest absolute Gasteiger partial charge is 0.268 e. The first-order valence-electron chi connectivity index (χ1n) is 8.21. The van der Waals surface area contributed by atoms with Gasteiger partial charge in [-0.3, -0.25) is 0 Å². The molecule has 21 heavy (non-hydrogen) atoms. The molecular weight excluding hydrogens is 278 g/mol. The molecule has 0 amide bonds. The molecule has 0 N–H and O–H groups in total. The normalized spacial score (nSPS) is 43.9. The second kappa shape index (κ2) is 4.87. The molecule has 0 aromatic carbocycles. The van der Waals surface area contributed by atoms with Gasteiger partial charge >= 0.3 is 0 Å². The first-order chi connectivity index (χ1) is 9.98. The zero-order valence-corrected chi connectivity index (χ0v) is 12.5. The Balaban J connectivity index is 1.49. The molecule has 4 saturated carbocycles. The van der Waals surface area contributed by atoms with Crippen molar-refractivity contribution in [2.24, 2.45) is 29.6 Å². The van der Waals surface area contributed by atoms with Crippen LogP contribution in [0.15, 0.2) is 0 Å². The highest BCUT2D eigenvalue weighted by atomic mass is 19.3. The third kappa shape index (κ3) is 2.32. The van der Waals surface area contributed by atoms with Crippen molar-refractivity contribution in [3.05, 3.63) is 0 Å². The molecule has 5 fully saturated rings. The molecule has 5 aliphatic rings. The van der Waals surface area contributed by atoms with Crippen LogP contribution in [0.1, 0.15) is 32.6 Å². The molecule has 5 heteroatoms. The summed E-state index contributed by atoms with van der Waals surface area (Å²) in [5.41, 5.74) is 0. The number of alkyl halides is 2. The van der Waals surface area contributed by atoms with Gasteiger partial charge in [-0.05, 0) is 43.4 Å². The van der Waals surface area contributed by atoms with Crippen LogP contribution in [0.25, 0.3) is 0 Å². The summed E-state index contributed by atoms with van der Waals surface area (Å²) in [6.07, 6.45) is 4.68. The van der Waals surface area contributed by atoms with Crippen LogP contribution < -0.4 is 0 Å². The van der Waals surface area contributed by atoms with Gasteiger partial charge in [0.25, 0.3) is 5.92 Å². The van der Waals surface area contributed by atoms with E-state index < -0.39 is 18.3 Å². The Labute approximate surface area is 124 Å². The fourth-order valence-corrected chi connectivity index (χ4v) is 5.50. The van der Waals surface area contributed by atoms with E-state index in [-0.39, 0.29) is 0 Å². The number of hydrogen-bond donors (Lipinski definition) is 0. The Bertz CT molecular complexity index is 403. The molecule has 5 unspecified atom stereocenters. The Kier molecular flexibility index (Phi) is 3.32. The van der Waals surface area contributed by atoms with Crippen LogP contribution in [0, 0.1) is 29.6 Å².